The van der Waals surface area contributed by atoms with E-state index in [9.17, 15) is 4.79 Å². The molecule has 0 atom stereocenters. The molecule has 0 unspecified atom stereocenters. The van der Waals surface area contributed by atoms with Gasteiger partial charge >= 0.3 is 6.01 Å². The average molecular weight is 401 g/mol. The first-order valence-electron chi connectivity index (χ1n) is 10.4. The van der Waals surface area contributed by atoms with Crippen LogP contribution in [0.1, 0.15) is 68.2 Å². The van der Waals surface area contributed by atoms with Gasteiger partial charge < -0.3 is 19.9 Å². The van der Waals surface area contributed by atoms with Gasteiger partial charge in [0.05, 0.1) is 6.61 Å². The molecule has 1 fully saturated rings. The molecule has 0 aliphatic carbocycles. The Morgan fingerprint density at radius 3 is 2.62 bits per heavy atom. The molecule has 7 heteroatoms. The lowest BCUT2D eigenvalue weighted by Gasteiger charge is -2.30. The summed E-state index contributed by atoms with van der Waals surface area (Å²) in [7, 11) is 0. The predicted molar refractivity (Wildman–Crippen MR) is 112 cm³/mol. The summed E-state index contributed by atoms with van der Waals surface area (Å²) in [6.45, 7) is 10.7. The number of anilines is 1. The molecule has 1 saturated heterocycles. The molecule has 1 aliphatic heterocycles. The highest BCUT2D eigenvalue weighted by molar-refractivity contribution is 5.94. The minimum Gasteiger partial charge on any atom is -0.494 e. The molecule has 0 bridgehead atoms. The molecule has 1 amide bonds. The quantitative estimate of drug-likeness (QED) is 0.710. The van der Waals surface area contributed by atoms with Gasteiger partial charge in [-0.25, -0.2) is 0 Å². The summed E-state index contributed by atoms with van der Waals surface area (Å²) >= 11 is 0. The third-order valence-corrected chi connectivity index (χ3v) is 5.46. The van der Waals surface area contributed by atoms with Crippen molar-refractivity contribution in [2.45, 2.75) is 58.8 Å². The molecule has 0 radical (unpaired) electrons. The largest absolute Gasteiger partial charge is 0.494 e. The highest BCUT2D eigenvalue weighted by Gasteiger charge is 2.26. The molecule has 158 valence electrons. The van der Waals surface area contributed by atoms with E-state index < -0.39 is 5.91 Å². The van der Waals surface area contributed by atoms with Crippen LogP contribution in [-0.4, -0.2) is 35.7 Å². The Morgan fingerprint density at radius 1 is 1.31 bits per heavy atom. The Bertz CT molecular complexity index is 833. The number of carbonyl (C=O) groups is 1. The number of amides is 1. The van der Waals surface area contributed by atoms with E-state index >= 15 is 0 Å². The van der Waals surface area contributed by atoms with Crippen LogP contribution in [0.2, 0.25) is 0 Å². The van der Waals surface area contributed by atoms with Gasteiger partial charge in [-0.3, -0.25) is 4.79 Å². The van der Waals surface area contributed by atoms with Gasteiger partial charge in [0.1, 0.15) is 5.75 Å². The molecule has 3 rings (SSSR count). The van der Waals surface area contributed by atoms with Crippen LogP contribution in [0.25, 0.3) is 0 Å². The van der Waals surface area contributed by atoms with E-state index in [4.69, 9.17) is 15.0 Å². The monoisotopic (exact) mass is 400 g/mol. The van der Waals surface area contributed by atoms with Crippen LogP contribution < -0.4 is 15.4 Å². The zero-order valence-corrected chi connectivity index (χ0v) is 17.9. The number of aryl methyl sites for hydroxylation is 1. The first-order valence-corrected chi connectivity index (χ1v) is 10.4. The van der Waals surface area contributed by atoms with E-state index in [0.717, 1.165) is 55.9 Å². The van der Waals surface area contributed by atoms with E-state index in [-0.39, 0.29) is 5.41 Å². The van der Waals surface area contributed by atoms with Gasteiger partial charge in [-0.2, -0.15) is 4.98 Å². The highest BCUT2D eigenvalue weighted by atomic mass is 16.5. The number of hydrogen-bond acceptors (Lipinski definition) is 6. The Morgan fingerprint density at radius 2 is 2.03 bits per heavy atom. The van der Waals surface area contributed by atoms with Crippen molar-refractivity contribution >= 4 is 11.9 Å². The normalized spacial score (nSPS) is 15.5. The average Bonchev–Trinajstić information content (AvgIpc) is 3.16. The van der Waals surface area contributed by atoms with E-state index in [1.807, 2.05) is 19.1 Å². The van der Waals surface area contributed by atoms with E-state index in [0.29, 0.717) is 24.1 Å². The van der Waals surface area contributed by atoms with Crippen molar-refractivity contribution in [3.05, 3.63) is 35.2 Å². The maximum Gasteiger partial charge on any atom is 0.324 e. The Labute approximate surface area is 172 Å². The number of nitrogens with two attached hydrogens (primary N) is 1. The standard InChI is InChI=1S/C22H32N4O3/c1-15-14-17(7-8-18(15)19(23)27)28-13-5-6-16-9-11-26(12-10-16)21-24-20(25-29-21)22(2,3)4/h7-8,14,16H,5-6,9-13H2,1-4H3,(H2,23,27). The number of hydrogen-bond donors (Lipinski definition) is 1. The van der Waals surface area contributed by atoms with Crippen molar-refractivity contribution in [2.24, 2.45) is 11.7 Å². The number of nitrogens with zero attached hydrogens (tertiary/aromatic N) is 3. The molecule has 1 aromatic heterocycles. The lowest BCUT2D eigenvalue weighted by atomic mass is 9.92. The molecule has 2 N–H and O–H groups in total. The fourth-order valence-electron chi connectivity index (χ4n) is 3.63. The summed E-state index contributed by atoms with van der Waals surface area (Å²) in [5.74, 6) is 1.83. The molecule has 1 aliphatic rings. The van der Waals surface area contributed by atoms with Gasteiger partial charge in [-0.15, -0.1) is 0 Å². The fourth-order valence-corrected chi connectivity index (χ4v) is 3.63. The Balaban J connectivity index is 1.39. The third kappa shape index (κ3) is 5.49. The smallest absolute Gasteiger partial charge is 0.324 e. The fraction of sp³-hybridized carbons (Fsp3) is 0.591. The molecule has 1 aromatic carbocycles. The predicted octanol–water partition coefficient (Wildman–Crippen LogP) is 3.85. The van der Waals surface area contributed by atoms with Crippen LogP contribution in [0.15, 0.2) is 22.7 Å². The molecule has 0 spiro atoms. The highest BCUT2D eigenvalue weighted by Crippen LogP contribution is 2.27. The van der Waals surface area contributed by atoms with Crippen molar-refractivity contribution in [3.63, 3.8) is 0 Å². The summed E-state index contributed by atoms with van der Waals surface area (Å²) in [5, 5.41) is 4.12. The van der Waals surface area contributed by atoms with Gasteiger partial charge in [0.25, 0.3) is 0 Å². The minimum absolute atomic E-state index is 0.0984. The van der Waals surface area contributed by atoms with Gasteiger partial charge in [0.2, 0.25) is 5.91 Å². The number of primary amides is 1. The van der Waals surface area contributed by atoms with E-state index in [1.54, 1.807) is 6.07 Å². The number of aromatic nitrogens is 2. The van der Waals surface area contributed by atoms with Crippen LogP contribution in [-0.2, 0) is 5.41 Å². The summed E-state index contributed by atoms with van der Waals surface area (Å²) in [4.78, 5) is 18.0. The zero-order chi connectivity index (χ0) is 21.0. The molecule has 29 heavy (non-hydrogen) atoms. The lowest BCUT2D eigenvalue weighted by Crippen LogP contribution is -2.34. The number of rotatable bonds is 7. The second kappa shape index (κ2) is 8.84. The van der Waals surface area contributed by atoms with Gasteiger partial charge in [0, 0.05) is 24.1 Å². The van der Waals surface area contributed by atoms with Gasteiger partial charge in [-0.1, -0.05) is 25.9 Å². The van der Waals surface area contributed by atoms with Crippen LogP contribution >= 0.6 is 0 Å². The maximum absolute atomic E-state index is 11.3. The number of carbonyl (C=O) groups excluding carboxylic acids is 1. The van der Waals surface area contributed by atoms with Gasteiger partial charge in [-0.05, 0) is 62.3 Å². The Kier molecular flexibility index (Phi) is 6.45. The van der Waals surface area contributed by atoms with Crippen molar-refractivity contribution in [1.29, 1.82) is 0 Å². The maximum atomic E-state index is 11.3. The molecular weight excluding hydrogens is 368 g/mol. The molecular formula is C22H32N4O3. The van der Waals surface area contributed by atoms with E-state index in [2.05, 4.69) is 35.8 Å². The van der Waals surface area contributed by atoms with Crippen LogP contribution in [0.3, 0.4) is 0 Å². The number of benzene rings is 1. The third-order valence-electron chi connectivity index (χ3n) is 5.46. The van der Waals surface area contributed by atoms with Crippen molar-refractivity contribution < 1.29 is 14.1 Å². The molecule has 0 saturated carbocycles. The van der Waals surface area contributed by atoms with Crippen molar-refractivity contribution in [2.75, 3.05) is 24.6 Å². The number of ether oxygens (including phenoxy) is 1. The van der Waals surface area contributed by atoms with Crippen LogP contribution in [0.5, 0.6) is 5.75 Å². The van der Waals surface area contributed by atoms with Crippen molar-refractivity contribution in [3.8, 4) is 5.75 Å². The topological polar surface area (TPSA) is 94.5 Å². The van der Waals surface area contributed by atoms with E-state index in [1.165, 1.54) is 0 Å². The SMILES string of the molecule is Cc1cc(OCCCC2CCN(c3nc(C(C)(C)C)no3)CC2)ccc1C(N)=O. The summed E-state index contributed by atoms with van der Waals surface area (Å²) < 4.78 is 11.3. The van der Waals surface area contributed by atoms with Crippen molar-refractivity contribution in [1.82, 2.24) is 10.1 Å². The summed E-state index contributed by atoms with van der Waals surface area (Å²) in [6.07, 6.45) is 4.40. The van der Waals surface area contributed by atoms with Crippen LogP contribution in [0.4, 0.5) is 6.01 Å². The first kappa shape index (κ1) is 21.1. The first-order chi connectivity index (χ1) is 13.7. The minimum atomic E-state index is -0.407. The van der Waals surface area contributed by atoms with Gasteiger partial charge in [0.15, 0.2) is 5.82 Å². The summed E-state index contributed by atoms with van der Waals surface area (Å²) in [5.41, 5.74) is 6.63. The number of piperidine rings is 1. The molecule has 7 nitrogen and oxygen atoms in total. The Hall–Kier alpha value is -2.57. The molecule has 2 heterocycles. The zero-order valence-electron chi connectivity index (χ0n) is 17.9. The second-order valence-corrected chi connectivity index (χ2v) is 8.91. The summed E-state index contributed by atoms with van der Waals surface area (Å²) in [6, 6.07) is 6.05. The lowest BCUT2D eigenvalue weighted by molar-refractivity contribution is 0.0999. The second-order valence-electron chi connectivity index (χ2n) is 8.91. The molecule has 2 aromatic rings. The van der Waals surface area contributed by atoms with Crippen LogP contribution in [0, 0.1) is 12.8 Å².